The maximum atomic E-state index is 13.0. The third kappa shape index (κ3) is 3.90. The zero-order valence-electron chi connectivity index (χ0n) is 10.6. The van der Waals surface area contributed by atoms with Crippen LogP contribution in [0.15, 0.2) is 22.6 Å². The molecule has 2 rings (SSSR count). The lowest BCUT2D eigenvalue weighted by atomic mass is 10.3. The lowest BCUT2D eigenvalue weighted by molar-refractivity contribution is 0.460. The number of hydrogen-bond donors (Lipinski definition) is 2. The molecule has 0 amide bonds. The van der Waals surface area contributed by atoms with Gasteiger partial charge in [-0.1, -0.05) is 30.5 Å². The van der Waals surface area contributed by atoms with Crippen LogP contribution in [-0.4, -0.2) is 16.2 Å². The standard InChI is InChI=1S/C12H14ClFN4O/c1-7(2)15-6-11-17-18-12(19-11)16-8-3-4-10(14)9(13)5-8/h3-5,7,15H,6H2,1-2H3,(H,16,18). The number of nitrogens with one attached hydrogen (secondary N) is 2. The van der Waals surface area contributed by atoms with Crippen molar-refractivity contribution in [2.45, 2.75) is 26.4 Å². The van der Waals surface area contributed by atoms with Crippen LogP contribution in [0.25, 0.3) is 0 Å². The predicted octanol–water partition coefficient (Wildman–Crippen LogP) is 3.10. The van der Waals surface area contributed by atoms with E-state index in [1.54, 1.807) is 0 Å². The molecule has 102 valence electrons. The molecule has 0 aliphatic carbocycles. The highest BCUT2D eigenvalue weighted by molar-refractivity contribution is 6.31. The van der Waals surface area contributed by atoms with Crippen molar-refractivity contribution in [1.82, 2.24) is 15.5 Å². The zero-order valence-corrected chi connectivity index (χ0v) is 11.3. The van der Waals surface area contributed by atoms with E-state index in [2.05, 4.69) is 20.8 Å². The highest BCUT2D eigenvalue weighted by Gasteiger charge is 2.08. The second kappa shape index (κ2) is 5.99. The van der Waals surface area contributed by atoms with Gasteiger partial charge in [-0.2, -0.15) is 0 Å². The van der Waals surface area contributed by atoms with Crippen LogP contribution in [0.4, 0.5) is 16.1 Å². The minimum absolute atomic E-state index is 0.0335. The maximum Gasteiger partial charge on any atom is 0.320 e. The van der Waals surface area contributed by atoms with Crippen molar-refractivity contribution in [3.63, 3.8) is 0 Å². The van der Waals surface area contributed by atoms with Gasteiger partial charge in [0.05, 0.1) is 11.6 Å². The van der Waals surface area contributed by atoms with Gasteiger partial charge in [0.15, 0.2) is 0 Å². The second-order valence-corrected chi connectivity index (χ2v) is 4.70. The maximum absolute atomic E-state index is 13.0. The van der Waals surface area contributed by atoms with Crippen LogP contribution in [0.3, 0.4) is 0 Å². The molecule has 19 heavy (non-hydrogen) atoms. The van der Waals surface area contributed by atoms with Crippen LogP contribution in [0.2, 0.25) is 5.02 Å². The Morgan fingerprint density at radius 2 is 2.16 bits per heavy atom. The van der Waals surface area contributed by atoms with Crippen LogP contribution in [0.1, 0.15) is 19.7 Å². The summed E-state index contributed by atoms with van der Waals surface area (Å²) in [6, 6.07) is 4.83. The fourth-order valence-electron chi connectivity index (χ4n) is 1.36. The molecule has 0 aliphatic rings. The van der Waals surface area contributed by atoms with Crippen molar-refractivity contribution in [2.75, 3.05) is 5.32 Å². The average Bonchev–Trinajstić information content (AvgIpc) is 2.79. The number of anilines is 2. The molecule has 2 aromatic rings. The number of benzene rings is 1. The molecule has 0 spiro atoms. The highest BCUT2D eigenvalue weighted by atomic mass is 35.5. The summed E-state index contributed by atoms with van der Waals surface area (Å²) in [5.41, 5.74) is 0.582. The SMILES string of the molecule is CC(C)NCc1nnc(Nc2ccc(F)c(Cl)c2)o1. The van der Waals surface area contributed by atoms with E-state index in [1.165, 1.54) is 18.2 Å². The van der Waals surface area contributed by atoms with Gasteiger partial charge in [-0.25, -0.2) is 4.39 Å². The van der Waals surface area contributed by atoms with Crippen LogP contribution in [0, 0.1) is 5.82 Å². The molecule has 0 radical (unpaired) electrons. The predicted molar refractivity (Wildman–Crippen MR) is 71.0 cm³/mol. The Labute approximate surface area is 115 Å². The molecule has 1 aromatic heterocycles. The van der Waals surface area contributed by atoms with E-state index in [1.807, 2.05) is 13.8 Å². The Balaban J connectivity index is 2.01. The lowest BCUT2D eigenvalue weighted by Gasteiger charge is -2.04. The summed E-state index contributed by atoms with van der Waals surface area (Å²) in [4.78, 5) is 0. The number of nitrogens with zero attached hydrogens (tertiary/aromatic N) is 2. The van der Waals surface area contributed by atoms with E-state index in [0.29, 0.717) is 24.2 Å². The molecule has 0 saturated carbocycles. The smallest absolute Gasteiger partial charge is 0.320 e. The molecular formula is C12H14ClFN4O. The van der Waals surface area contributed by atoms with Crippen LogP contribution < -0.4 is 10.6 Å². The van der Waals surface area contributed by atoms with E-state index in [4.69, 9.17) is 16.0 Å². The quantitative estimate of drug-likeness (QED) is 0.883. The van der Waals surface area contributed by atoms with E-state index < -0.39 is 5.82 Å². The fraction of sp³-hybridized carbons (Fsp3) is 0.333. The Hall–Kier alpha value is -1.66. The number of rotatable bonds is 5. The summed E-state index contributed by atoms with van der Waals surface area (Å²) < 4.78 is 18.4. The minimum atomic E-state index is -0.473. The van der Waals surface area contributed by atoms with Gasteiger partial charge in [0.25, 0.3) is 0 Å². The summed E-state index contributed by atoms with van der Waals surface area (Å²) >= 11 is 5.68. The molecule has 0 atom stereocenters. The summed E-state index contributed by atoms with van der Waals surface area (Å²) in [6.45, 7) is 4.54. The number of aromatic nitrogens is 2. The van der Waals surface area contributed by atoms with Crippen LogP contribution in [0.5, 0.6) is 0 Å². The third-order valence-corrected chi connectivity index (χ3v) is 2.59. The van der Waals surface area contributed by atoms with Crippen molar-refractivity contribution in [3.05, 3.63) is 34.9 Å². The Morgan fingerprint density at radius 3 is 2.84 bits per heavy atom. The number of halogens is 2. The van der Waals surface area contributed by atoms with Crippen LogP contribution >= 0.6 is 11.6 Å². The first-order valence-electron chi connectivity index (χ1n) is 5.82. The molecule has 5 nitrogen and oxygen atoms in total. The highest BCUT2D eigenvalue weighted by Crippen LogP contribution is 2.22. The molecular weight excluding hydrogens is 271 g/mol. The van der Waals surface area contributed by atoms with Gasteiger partial charge in [-0.3, -0.25) is 0 Å². The monoisotopic (exact) mass is 284 g/mol. The van der Waals surface area contributed by atoms with E-state index >= 15 is 0 Å². The van der Waals surface area contributed by atoms with Crippen molar-refractivity contribution >= 4 is 23.3 Å². The molecule has 2 N–H and O–H groups in total. The molecule has 7 heteroatoms. The topological polar surface area (TPSA) is 63.0 Å². The molecule has 1 aromatic carbocycles. The first-order valence-corrected chi connectivity index (χ1v) is 6.20. The summed E-state index contributed by atoms with van der Waals surface area (Å²) in [7, 11) is 0. The van der Waals surface area contributed by atoms with Gasteiger partial charge in [-0.05, 0) is 18.2 Å². The second-order valence-electron chi connectivity index (χ2n) is 4.29. The molecule has 0 fully saturated rings. The van der Waals surface area contributed by atoms with Gasteiger partial charge in [-0.15, -0.1) is 5.10 Å². The minimum Gasteiger partial charge on any atom is -0.406 e. The third-order valence-electron chi connectivity index (χ3n) is 2.30. The first kappa shape index (κ1) is 13.8. The Morgan fingerprint density at radius 1 is 1.37 bits per heavy atom. The Bertz CT molecular complexity index is 558. The van der Waals surface area contributed by atoms with E-state index in [0.717, 1.165) is 0 Å². The van der Waals surface area contributed by atoms with Gasteiger partial charge in [0, 0.05) is 11.7 Å². The van der Waals surface area contributed by atoms with E-state index in [-0.39, 0.29) is 11.0 Å². The molecule has 0 unspecified atom stereocenters. The van der Waals surface area contributed by atoms with Crippen LogP contribution in [-0.2, 0) is 6.54 Å². The van der Waals surface area contributed by atoms with E-state index in [9.17, 15) is 4.39 Å². The fourth-order valence-corrected chi connectivity index (χ4v) is 1.54. The van der Waals surface area contributed by atoms with Crippen molar-refractivity contribution < 1.29 is 8.81 Å². The van der Waals surface area contributed by atoms with Crippen molar-refractivity contribution in [2.24, 2.45) is 0 Å². The molecule has 0 saturated heterocycles. The summed E-state index contributed by atoms with van der Waals surface area (Å²) in [5, 5.41) is 13.8. The average molecular weight is 285 g/mol. The van der Waals surface area contributed by atoms with Gasteiger partial charge < -0.3 is 15.1 Å². The van der Waals surface area contributed by atoms with Crippen molar-refractivity contribution in [3.8, 4) is 0 Å². The molecule has 0 bridgehead atoms. The van der Waals surface area contributed by atoms with Gasteiger partial charge >= 0.3 is 6.01 Å². The zero-order chi connectivity index (χ0) is 13.8. The number of hydrogen-bond acceptors (Lipinski definition) is 5. The van der Waals surface area contributed by atoms with Crippen molar-refractivity contribution in [1.29, 1.82) is 0 Å². The lowest BCUT2D eigenvalue weighted by Crippen LogP contribution is -2.21. The van der Waals surface area contributed by atoms with Gasteiger partial charge in [0.2, 0.25) is 5.89 Å². The Kier molecular flexibility index (Phi) is 4.34. The van der Waals surface area contributed by atoms with Gasteiger partial charge in [0.1, 0.15) is 5.82 Å². The normalized spacial score (nSPS) is 11.0. The largest absolute Gasteiger partial charge is 0.406 e. The molecule has 1 heterocycles. The first-order chi connectivity index (χ1) is 9.04. The summed E-state index contributed by atoms with van der Waals surface area (Å²) in [5.74, 6) is 0.00368. The summed E-state index contributed by atoms with van der Waals surface area (Å²) in [6.07, 6.45) is 0. The molecule has 0 aliphatic heterocycles.